The molecular formula is C12H21N5OS. The number of nitrogens with zero attached hydrogens (tertiary/aromatic N) is 3. The monoisotopic (exact) mass is 283 g/mol. The average molecular weight is 283 g/mol. The number of amides is 1. The molecule has 0 atom stereocenters. The van der Waals surface area contributed by atoms with E-state index in [-0.39, 0.29) is 5.91 Å². The van der Waals surface area contributed by atoms with Crippen LogP contribution in [0.2, 0.25) is 0 Å². The summed E-state index contributed by atoms with van der Waals surface area (Å²) in [4.78, 5) is 20.6. The second kappa shape index (κ2) is 5.85. The van der Waals surface area contributed by atoms with Crippen molar-refractivity contribution in [3.8, 4) is 0 Å². The van der Waals surface area contributed by atoms with Crippen molar-refractivity contribution in [1.82, 2.24) is 15.3 Å². The van der Waals surface area contributed by atoms with E-state index in [9.17, 15) is 4.79 Å². The predicted molar refractivity (Wildman–Crippen MR) is 76.9 cm³/mol. The second-order valence-corrected chi connectivity index (χ2v) is 6.31. The molecule has 1 aromatic heterocycles. The van der Waals surface area contributed by atoms with Gasteiger partial charge in [0.1, 0.15) is 0 Å². The molecule has 1 aromatic rings. The van der Waals surface area contributed by atoms with E-state index in [1.807, 2.05) is 25.4 Å². The highest BCUT2D eigenvalue weighted by atomic mass is 32.1. The SMILES string of the molecule is CC(C)(CN1CCN(c2nccs2)CC1)C(=O)NN. The quantitative estimate of drug-likeness (QED) is 0.472. The van der Waals surface area contributed by atoms with Gasteiger partial charge in [-0.2, -0.15) is 0 Å². The normalized spacial score (nSPS) is 17.5. The van der Waals surface area contributed by atoms with E-state index in [1.54, 1.807) is 11.3 Å². The Morgan fingerprint density at radius 2 is 2.16 bits per heavy atom. The van der Waals surface area contributed by atoms with E-state index in [4.69, 9.17) is 5.84 Å². The number of carbonyl (C=O) groups is 1. The minimum absolute atomic E-state index is 0.116. The molecule has 1 amide bonds. The van der Waals surface area contributed by atoms with Crippen LogP contribution >= 0.6 is 11.3 Å². The molecule has 19 heavy (non-hydrogen) atoms. The van der Waals surface area contributed by atoms with Crippen LogP contribution in [0.4, 0.5) is 5.13 Å². The summed E-state index contributed by atoms with van der Waals surface area (Å²) in [5.74, 6) is 5.10. The van der Waals surface area contributed by atoms with E-state index < -0.39 is 5.41 Å². The maximum absolute atomic E-state index is 11.7. The Bertz CT molecular complexity index is 412. The Morgan fingerprint density at radius 1 is 1.47 bits per heavy atom. The van der Waals surface area contributed by atoms with Crippen LogP contribution in [0, 0.1) is 5.41 Å². The molecule has 0 radical (unpaired) electrons. The second-order valence-electron chi connectivity index (χ2n) is 5.44. The molecular weight excluding hydrogens is 262 g/mol. The summed E-state index contributed by atoms with van der Waals surface area (Å²) >= 11 is 1.67. The number of hydrazine groups is 1. The number of carbonyl (C=O) groups excluding carboxylic acids is 1. The Kier molecular flexibility index (Phi) is 4.38. The molecule has 2 rings (SSSR count). The van der Waals surface area contributed by atoms with Crippen LogP contribution in [0.1, 0.15) is 13.8 Å². The molecule has 1 aliphatic heterocycles. The van der Waals surface area contributed by atoms with Gasteiger partial charge in [-0.3, -0.25) is 15.1 Å². The molecule has 0 saturated carbocycles. The topological polar surface area (TPSA) is 74.5 Å². The van der Waals surface area contributed by atoms with Crippen molar-refractivity contribution in [2.45, 2.75) is 13.8 Å². The van der Waals surface area contributed by atoms with E-state index in [1.165, 1.54) is 0 Å². The zero-order chi connectivity index (χ0) is 13.9. The summed E-state index contributed by atoms with van der Waals surface area (Å²) in [6.07, 6.45) is 1.83. The van der Waals surface area contributed by atoms with E-state index >= 15 is 0 Å². The van der Waals surface area contributed by atoms with Gasteiger partial charge in [-0.1, -0.05) is 0 Å². The van der Waals surface area contributed by atoms with E-state index in [0.717, 1.165) is 37.9 Å². The van der Waals surface area contributed by atoms with Crippen molar-refractivity contribution in [2.24, 2.45) is 11.3 Å². The highest BCUT2D eigenvalue weighted by Gasteiger charge is 2.31. The Balaban J connectivity index is 1.85. The summed E-state index contributed by atoms with van der Waals surface area (Å²) in [6.45, 7) is 8.36. The van der Waals surface area contributed by atoms with Crippen molar-refractivity contribution in [1.29, 1.82) is 0 Å². The van der Waals surface area contributed by atoms with Gasteiger partial charge in [-0.15, -0.1) is 11.3 Å². The lowest BCUT2D eigenvalue weighted by molar-refractivity contribution is -0.130. The summed E-state index contributed by atoms with van der Waals surface area (Å²) in [7, 11) is 0. The molecule has 1 fully saturated rings. The summed E-state index contributed by atoms with van der Waals surface area (Å²) in [5.41, 5.74) is 1.78. The van der Waals surface area contributed by atoms with Crippen LogP contribution in [0.25, 0.3) is 0 Å². The van der Waals surface area contributed by atoms with Gasteiger partial charge in [0.05, 0.1) is 5.41 Å². The molecule has 0 unspecified atom stereocenters. The number of aromatic nitrogens is 1. The van der Waals surface area contributed by atoms with Crippen molar-refractivity contribution in [3.63, 3.8) is 0 Å². The average Bonchev–Trinajstić information content (AvgIpc) is 2.92. The smallest absolute Gasteiger partial charge is 0.240 e. The minimum atomic E-state index is -0.460. The van der Waals surface area contributed by atoms with Crippen molar-refractivity contribution in [3.05, 3.63) is 11.6 Å². The van der Waals surface area contributed by atoms with Crippen molar-refractivity contribution < 1.29 is 4.79 Å². The number of hydrogen-bond acceptors (Lipinski definition) is 6. The standard InChI is InChI=1S/C12H21N5OS/c1-12(2,10(18)15-13)9-16-4-6-17(7-5-16)11-14-3-8-19-11/h3,8H,4-7,9,13H2,1-2H3,(H,15,18). The fourth-order valence-corrected chi connectivity index (χ4v) is 2.99. The van der Waals surface area contributed by atoms with Crippen LogP contribution in [0.5, 0.6) is 0 Å². The van der Waals surface area contributed by atoms with Gasteiger partial charge in [0.2, 0.25) is 5.91 Å². The number of nitrogens with one attached hydrogen (secondary N) is 1. The van der Waals surface area contributed by atoms with Crippen molar-refractivity contribution >= 4 is 22.4 Å². The van der Waals surface area contributed by atoms with Crippen LogP contribution in [-0.2, 0) is 4.79 Å². The Morgan fingerprint density at radius 3 is 2.68 bits per heavy atom. The highest BCUT2D eigenvalue weighted by Crippen LogP contribution is 2.21. The molecule has 7 heteroatoms. The Hall–Kier alpha value is -1.18. The lowest BCUT2D eigenvalue weighted by atomic mass is 9.91. The largest absolute Gasteiger partial charge is 0.346 e. The van der Waals surface area contributed by atoms with Gasteiger partial charge in [0, 0.05) is 44.3 Å². The first-order chi connectivity index (χ1) is 9.03. The van der Waals surface area contributed by atoms with Crippen molar-refractivity contribution in [2.75, 3.05) is 37.6 Å². The molecule has 2 heterocycles. The first kappa shape index (κ1) is 14.2. The summed E-state index contributed by atoms with van der Waals surface area (Å²) < 4.78 is 0. The van der Waals surface area contributed by atoms with Gasteiger partial charge in [0.25, 0.3) is 0 Å². The molecule has 6 nitrogen and oxygen atoms in total. The van der Waals surface area contributed by atoms with Crippen LogP contribution in [0.3, 0.4) is 0 Å². The molecule has 1 aliphatic rings. The molecule has 0 spiro atoms. The van der Waals surface area contributed by atoms with Gasteiger partial charge < -0.3 is 4.90 Å². The maximum Gasteiger partial charge on any atom is 0.240 e. The number of hydrogen-bond donors (Lipinski definition) is 2. The summed E-state index contributed by atoms with van der Waals surface area (Å²) in [5, 5.41) is 3.08. The molecule has 106 valence electrons. The minimum Gasteiger partial charge on any atom is -0.346 e. The Labute approximate surface area is 117 Å². The van der Waals surface area contributed by atoms with E-state index in [0.29, 0.717) is 0 Å². The molecule has 1 saturated heterocycles. The number of rotatable bonds is 4. The molecule has 0 aromatic carbocycles. The number of piperazine rings is 1. The fourth-order valence-electron chi connectivity index (χ4n) is 2.30. The first-order valence-corrected chi connectivity index (χ1v) is 7.29. The van der Waals surface area contributed by atoms with Gasteiger partial charge in [-0.25, -0.2) is 10.8 Å². The van der Waals surface area contributed by atoms with Gasteiger partial charge in [-0.05, 0) is 13.8 Å². The van der Waals surface area contributed by atoms with Gasteiger partial charge in [0.15, 0.2) is 5.13 Å². The number of nitrogens with two attached hydrogens (primary N) is 1. The highest BCUT2D eigenvalue weighted by molar-refractivity contribution is 7.13. The third kappa shape index (κ3) is 3.43. The zero-order valence-corrected chi connectivity index (χ0v) is 12.2. The van der Waals surface area contributed by atoms with Crippen LogP contribution < -0.4 is 16.2 Å². The summed E-state index contributed by atoms with van der Waals surface area (Å²) in [6, 6.07) is 0. The number of thiazole rings is 1. The van der Waals surface area contributed by atoms with Crippen LogP contribution in [-0.4, -0.2) is 48.5 Å². The lowest BCUT2D eigenvalue weighted by Gasteiger charge is -2.38. The predicted octanol–water partition coefficient (Wildman–Crippen LogP) is 0.281. The van der Waals surface area contributed by atoms with Gasteiger partial charge >= 0.3 is 0 Å². The third-order valence-corrected chi connectivity index (χ3v) is 4.26. The number of anilines is 1. The zero-order valence-electron chi connectivity index (χ0n) is 11.4. The first-order valence-electron chi connectivity index (χ1n) is 6.41. The van der Waals surface area contributed by atoms with Crippen LogP contribution in [0.15, 0.2) is 11.6 Å². The molecule has 3 N–H and O–H groups in total. The fraction of sp³-hybridized carbons (Fsp3) is 0.667. The van der Waals surface area contributed by atoms with E-state index in [2.05, 4.69) is 20.2 Å². The lowest BCUT2D eigenvalue weighted by Crippen LogP contribution is -2.52. The third-order valence-electron chi connectivity index (χ3n) is 3.43. The molecule has 0 aliphatic carbocycles. The maximum atomic E-state index is 11.7. The molecule has 0 bridgehead atoms.